The molecule has 1 aliphatic rings. The summed E-state index contributed by atoms with van der Waals surface area (Å²) in [4.78, 5) is 0. The summed E-state index contributed by atoms with van der Waals surface area (Å²) in [6, 6.07) is 12.8. The molecule has 2 aromatic rings. The lowest BCUT2D eigenvalue weighted by atomic mass is 10.1. The van der Waals surface area contributed by atoms with E-state index in [9.17, 15) is 0 Å². The minimum atomic E-state index is 0.977. The van der Waals surface area contributed by atoms with Crippen LogP contribution in [0.2, 0.25) is 0 Å². The third-order valence-electron chi connectivity index (χ3n) is 3.04. The minimum Gasteiger partial charge on any atom is -0.342 e. The highest BCUT2D eigenvalue weighted by atomic mass is 79.9. The van der Waals surface area contributed by atoms with Crippen molar-refractivity contribution in [1.82, 2.24) is 9.88 Å². The van der Waals surface area contributed by atoms with Crippen molar-refractivity contribution < 1.29 is 0 Å². The third kappa shape index (κ3) is 1.60. The summed E-state index contributed by atoms with van der Waals surface area (Å²) in [5, 5.41) is 3.39. The van der Waals surface area contributed by atoms with Crippen molar-refractivity contribution in [3.05, 3.63) is 46.6 Å². The average Bonchev–Trinajstić information content (AvgIpc) is 2.74. The van der Waals surface area contributed by atoms with Gasteiger partial charge in [-0.25, -0.2) is 0 Å². The summed E-state index contributed by atoms with van der Waals surface area (Å²) in [5.41, 5.74) is 3.96. The van der Waals surface area contributed by atoms with Crippen LogP contribution in [-0.4, -0.2) is 11.1 Å². The molecule has 16 heavy (non-hydrogen) atoms. The lowest BCUT2D eigenvalue weighted by molar-refractivity contribution is 0.520. The maximum Gasteiger partial charge on any atom is 0.0494 e. The second-order valence-electron chi connectivity index (χ2n) is 4.02. The van der Waals surface area contributed by atoms with Gasteiger partial charge in [0.25, 0.3) is 0 Å². The van der Waals surface area contributed by atoms with E-state index in [1.54, 1.807) is 0 Å². The summed E-state index contributed by atoms with van der Waals surface area (Å²) in [5.74, 6) is 0. The molecule has 2 heterocycles. The second-order valence-corrected chi connectivity index (χ2v) is 4.87. The molecule has 1 aromatic carbocycles. The third-order valence-corrected chi connectivity index (χ3v) is 3.73. The molecule has 3 heteroatoms. The maximum atomic E-state index is 3.62. The van der Waals surface area contributed by atoms with Crippen molar-refractivity contribution in [3.8, 4) is 11.3 Å². The minimum absolute atomic E-state index is 0.977. The topological polar surface area (TPSA) is 17.0 Å². The Morgan fingerprint density at radius 3 is 2.88 bits per heavy atom. The highest BCUT2D eigenvalue weighted by molar-refractivity contribution is 9.10. The number of hydrogen-bond donors (Lipinski definition) is 1. The first-order valence-corrected chi connectivity index (χ1v) is 6.29. The number of nitrogens with zero attached hydrogens (tertiary/aromatic N) is 1. The van der Waals surface area contributed by atoms with Crippen LogP contribution in [0.1, 0.15) is 5.69 Å². The van der Waals surface area contributed by atoms with Crippen molar-refractivity contribution in [3.63, 3.8) is 0 Å². The normalized spacial score (nSPS) is 14.8. The second kappa shape index (κ2) is 4.07. The Kier molecular flexibility index (Phi) is 2.58. The summed E-state index contributed by atoms with van der Waals surface area (Å²) < 4.78 is 3.56. The first-order chi connectivity index (χ1) is 7.86. The smallest absolute Gasteiger partial charge is 0.0494 e. The molecular weight excluding hydrogens is 264 g/mol. The number of rotatable bonds is 1. The summed E-state index contributed by atoms with van der Waals surface area (Å²) in [7, 11) is 0. The van der Waals surface area contributed by atoms with E-state index in [1.165, 1.54) is 17.0 Å². The monoisotopic (exact) mass is 276 g/mol. The zero-order valence-electron chi connectivity index (χ0n) is 8.91. The van der Waals surface area contributed by atoms with E-state index >= 15 is 0 Å². The average molecular weight is 277 g/mol. The highest BCUT2D eigenvalue weighted by Gasteiger charge is 2.14. The van der Waals surface area contributed by atoms with Gasteiger partial charge < -0.3 is 9.88 Å². The fraction of sp³-hybridized carbons (Fsp3) is 0.231. The predicted octanol–water partition coefficient (Wildman–Crippen LogP) is 3.02. The van der Waals surface area contributed by atoms with Gasteiger partial charge >= 0.3 is 0 Å². The van der Waals surface area contributed by atoms with Gasteiger partial charge in [0.2, 0.25) is 0 Å². The van der Waals surface area contributed by atoms with E-state index in [-0.39, 0.29) is 0 Å². The SMILES string of the molecule is Brc1ccccc1-c1ccc2n1CCNC2. The quantitative estimate of drug-likeness (QED) is 0.847. The van der Waals surface area contributed by atoms with E-state index < -0.39 is 0 Å². The van der Waals surface area contributed by atoms with Crippen LogP contribution in [0.4, 0.5) is 0 Å². The molecule has 0 atom stereocenters. The van der Waals surface area contributed by atoms with Gasteiger partial charge in [-0.05, 0) is 18.2 Å². The molecule has 0 unspecified atom stereocenters. The fourth-order valence-corrected chi connectivity index (χ4v) is 2.73. The summed E-state index contributed by atoms with van der Waals surface area (Å²) in [6.45, 7) is 3.09. The number of aromatic nitrogens is 1. The van der Waals surface area contributed by atoms with Gasteiger partial charge in [0.1, 0.15) is 0 Å². The van der Waals surface area contributed by atoms with Gasteiger partial charge in [0, 0.05) is 41.1 Å². The standard InChI is InChI=1S/C13H13BrN2/c14-12-4-2-1-3-11(12)13-6-5-10-9-15-7-8-16(10)13/h1-6,15H,7-9H2. The largest absolute Gasteiger partial charge is 0.342 e. The molecule has 0 bridgehead atoms. The van der Waals surface area contributed by atoms with E-state index in [0.717, 1.165) is 24.1 Å². The van der Waals surface area contributed by atoms with Crippen molar-refractivity contribution in [2.75, 3.05) is 6.54 Å². The van der Waals surface area contributed by atoms with Gasteiger partial charge in [-0.2, -0.15) is 0 Å². The molecule has 1 N–H and O–H groups in total. The van der Waals surface area contributed by atoms with Crippen LogP contribution in [0.3, 0.4) is 0 Å². The Balaban J connectivity index is 2.13. The molecule has 0 saturated heterocycles. The number of hydrogen-bond acceptors (Lipinski definition) is 1. The van der Waals surface area contributed by atoms with Gasteiger partial charge in [-0.15, -0.1) is 0 Å². The van der Waals surface area contributed by atoms with Crippen molar-refractivity contribution in [2.24, 2.45) is 0 Å². The zero-order valence-corrected chi connectivity index (χ0v) is 10.5. The Hall–Kier alpha value is -1.06. The van der Waals surface area contributed by atoms with Crippen molar-refractivity contribution in [1.29, 1.82) is 0 Å². The van der Waals surface area contributed by atoms with Crippen molar-refractivity contribution >= 4 is 15.9 Å². The van der Waals surface area contributed by atoms with E-state index in [0.29, 0.717) is 0 Å². The van der Waals surface area contributed by atoms with Gasteiger partial charge in [-0.3, -0.25) is 0 Å². The lowest BCUT2D eigenvalue weighted by Gasteiger charge is -2.19. The Morgan fingerprint density at radius 1 is 1.12 bits per heavy atom. The van der Waals surface area contributed by atoms with Crippen molar-refractivity contribution in [2.45, 2.75) is 13.1 Å². The van der Waals surface area contributed by atoms with E-state index in [4.69, 9.17) is 0 Å². The van der Waals surface area contributed by atoms with Gasteiger partial charge in [0.15, 0.2) is 0 Å². The van der Waals surface area contributed by atoms with Crippen LogP contribution >= 0.6 is 15.9 Å². The van der Waals surface area contributed by atoms with Crippen LogP contribution in [0.25, 0.3) is 11.3 Å². The molecule has 0 saturated carbocycles. The Morgan fingerprint density at radius 2 is 2.00 bits per heavy atom. The number of fused-ring (bicyclic) bond motifs is 1. The van der Waals surface area contributed by atoms with E-state index in [2.05, 4.69) is 62.2 Å². The molecule has 0 fully saturated rings. The molecular formula is C13H13BrN2. The van der Waals surface area contributed by atoms with Gasteiger partial charge in [-0.1, -0.05) is 34.1 Å². The van der Waals surface area contributed by atoms with Crippen LogP contribution < -0.4 is 5.32 Å². The molecule has 0 radical (unpaired) electrons. The molecule has 82 valence electrons. The number of halogens is 1. The van der Waals surface area contributed by atoms with Crippen LogP contribution in [-0.2, 0) is 13.1 Å². The maximum absolute atomic E-state index is 3.62. The lowest BCUT2D eigenvalue weighted by Crippen LogP contribution is -2.27. The summed E-state index contributed by atoms with van der Waals surface area (Å²) >= 11 is 3.62. The molecule has 0 amide bonds. The molecule has 1 aromatic heterocycles. The first-order valence-electron chi connectivity index (χ1n) is 5.50. The molecule has 3 rings (SSSR count). The number of benzene rings is 1. The zero-order chi connectivity index (χ0) is 11.0. The molecule has 0 spiro atoms. The predicted molar refractivity (Wildman–Crippen MR) is 69.3 cm³/mol. The number of nitrogens with one attached hydrogen (secondary N) is 1. The summed E-state index contributed by atoms with van der Waals surface area (Å²) in [6.07, 6.45) is 0. The first kappa shape index (κ1) is 10.1. The van der Waals surface area contributed by atoms with E-state index in [1.807, 2.05) is 0 Å². The van der Waals surface area contributed by atoms with Crippen LogP contribution in [0.15, 0.2) is 40.9 Å². The van der Waals surface area contributed by atoms with Gasteiger partial charge in [0.05, 0.1) is 0 Å². The molecule has 0 aliphatic carbocycles. The van der Waals surface area contributed by atoms with Crippen LogP contribution in [0, 0.1) is 0 Å². The highest BCUT2D eigenvalue weighted by Crippen LogP contribution is 2.30. The Labute approximate surface area is 103 Å². The van der Waals surface area contributed by atoms with Crippen LogP contribution in [0.5, 0.6) is 0 Å². The Bertz CT molecular complexity index is 516. The molecule has 1 aliphatic heterocycles. The fourth-order valence-electron chi connectivity index (χ4n) is 2.24. The molecule has 2 nitrogen and oxygen atoms in total.